The standard InChI is InChI=1S/C8H13NOS/c1-6-11-7-8(1)9-2-4-10-5-3-9/h1H,2-7H2. The highest BCUT2D eigenvalue weighted by Gasteiger charge is 2.15. The van der Waals surface area contributed by atoms with Gasteiger partial charge in [0.1, 0.15) is 0 Å². The van der Waals surface area contributed by atoms with E-state index >= 15 is 0 Å². The largest absolute Gasteiger partial charge is 0.378 e. The van der Waals surface area contributed by atoms with E-state index in [0.717, 1.165) is 26.3 Å². The Bertz CT molecular complexity index is 163. The smallest absolute Gasteiger partial charge is 0.0642 e. The maximum absolute atomic E-state index is 5.28. The number of ether oxygens (including phenoxy) is 1. The topological polar surface area (TPSA) is 12.5 Å². The average Bonchev–Trinajstić information content (AvgIpc) is 2.58. The average molecular weight is 171 g/mol. The van der Waals surface area contributed by atoms with Crippen LogP contribution in [-0.4, -0.2) is 42.7 Å². The van der Waals surface area contributed by atoms with Gasteiger partial charge in [-0.15, -0.1) is 0 Å². The Kier molecular flexibility index (Phi) is 2.38. The van der Waals surface area contributed by atoms with Crippen LogP contribution in [0.5, 0.6) is 0 Å². The molecule has 2 aliphatic rings. The number of rotatable bonds is 1. The highest BCUT2D eigenvalue weighted by molar-refractivity contribution is 7.99. The van der Waals surface area contributed by atoms with Crippen molar-refractivity contribution in [3.05, 3.63) is 11.8 Å². The van der Waals surface area contributed by atoms with Gasteiger partial charge in [0.15, 0.2) is 0 Å². The first-order valence-electron chi connectivity index (χ1n) is 4.06. The molecule has 0 spiro atoms. The Labute approximate surface area is 71.6 Å². The van der Waals surface area contributed by atoms with Crippen LogP contribution in [0.2, 0.25) is 0 Å². The van der Waals surface area contributed by atoms with Gasteiger partial charge in [0.2, 0.25) is 0 Å². The summed E-state index contributed by atoms with van der Waals surface area (Å²) in [6.45, 7) is 3.99. The summed E-state index contributed by atoms with van der Waals surface area (Å²) in [6.07, 6.45) is 2.34. The van der Waals surface area contributed by atoms with Crippen LogP contribution in [0.1, 0.15) is 0 Å². The molecule has 0 aromatic carbocycles. The van der Waals surface area contributed by atoms with Gasteiger partial charge in [-0.25, -0.2) is 0 Å². The van der Waals surface area contributed by atoms with E-state index in [0.29, 0.717) is 0 Å². The molecule has 11 heavy (non-hydrogen) atoms. The summed E-state index contributed by atoms with van der Waals surface area (Å²) in [5.74, 6) is 2.41. The summed E-state index contributed by atoms with van der Waals surface area (Å²) in [5, 5.41) is 0. The van der Waals surface area contributed by atoms with Crippen molar-refractivity contribution < 1.29 is 4.74 Å². The van der Waals surface area contributed by atoms with Crippen molar-refractivity contribution >= 4 is 11.8 Å². The fourth-order valence-electron chi connectivity index (χ4n) is 1.45. The van der Waals surface area contributed by atoms with Gasteiger partial charge in [-0.05, 0) is 0 Å². The van der Waals surface area contributed by atoms with Gasteiger partial charge in [0, 0.05) is 30.3 Å². The summed E-state index contributed by atoms with van der Waals surface area (Å²) in [7, 11) is 0. The van der Waals surface area contributed by atoms with Crippen molar-refractivity contribution in [2.24, 2.45) is 0 Å². The summed E-state index contributed by atoms with van der Waals surface area (Å²) in [5.41, 5.74) is 1.53. The van der Waals surface area contributed by atoms with E-state index < -0.39 is 0 Å². The van der Waals surface area contributed by atoms with Gasteiger partial charge in [0.25, 0.3) is 0 Å². The van der Waals surface area contributed by atoms with E-state index in [1.54, 1.807) is 0 Å². The maximum Gasteiger partial charge on any atom is 0.0642 e. The quantitative estimate of drug-likeness (QED) is 0.583. The number of hydrogen-bond donors (Lipinski definition) is 0. The minimum Gasteiger partial charge on any atom is -0.378 e. The molecule has 1 saturated heterocycles. The minimum atomic E-state index is 0.905. The molecule has 62 valence electrons. The lowest BCUT2D eigenvalue weighted by atomic mass is 10.3. The molecule has 1 fully saturated rings. The molecule has 0 amide bonds. The third kappa shape index (κ3) is 1.71. The summed E-state index contributed by atoms with van der Waals surface area (Å²) >= 11 is 2.00. The van der Waals surface area contributed by atoms with E-state index in [1.165, 1.54) is 17.2 Å². The van der Waals surface area contributed by atoms with Crippen LogP contribution >= 0.6 is 11.8 Å². The number of thioether (sulfide) groups is 1. The van der Waals surface area contributed by atoms with Crippen LogP contribution in [-0.2, 0) is 4.74 Å². The lowest BCUT2D eigenvalue weighted by molar-refractivity contribution is 0.0541. The second kappa shape index (κ2) is 3.50. The first-order valence-corrected chi connectivity index (χ1v) is 5.22. The maximum atomic E-state index is 5.28. The third-order valence-electron chi connectivity index (χ3n) is 2.10. The van der Waals surface area contributed by atoms with E-state index in [4.69, 9.17) is 4.74 Å². The predicted molar refractivity (Wildman–Crippen MR) is 47.8 cm³/mol. The van der Waals surface area contributed by atoms with E-state index in [9.17, 15) is 0 Å². The highest BCUT2D eigenvalue weighted by atomic mass is 32.2. The van der Waals surface area contributed by atoms with Crippen molar-refractivity contribution in [3.63, 3.8) is 0 Å². The van der Waals surface area contributed by atoms with Crippen LogP contribution in [0, 0.1) is 0 Å². The highest BCUT2D eigenvalue weighted by Crippen LogP contribution is 2.20. The van der Waals surface area contributed by atoms with Crippen LogP contribution in [0.15, 0.2) is 11.8 Å². The zero-order valence-electron chi connectivity index (χ0n) is 6.58. The summed E-state index contributed by atoms with van der Waals surface area (Å²) in [4.78, 5) is 2.45. The molecule has 0 radical (unpaired) electrons. The normalized spacial score (nSPS) is 25.5. The molecule has 2 heterocycles. The molecule has 0 bridgehead atoms. The van der Waals surface area contributed by atoms with Crippen molar-refractivity contribution in [1.82, 2.24) is 4.90 Å². The zero-order valence-corrected chi connectivity index (χ0v) is 7.40. The third-order valence-corrected chi connectivity index (χ3v) is 3.01. The molecule has 0 aliphatic carbocycles. The van der Waals surface area contributed by atoms with Gasteiger partial charge in [-0.1, -0.05) is 6.08 Å². The number of nitrogens with zero attached hydrogens (tertiary/aromatic N) is 1. The molecular formula is C8H13NOS. The first kappa shape index (κ1) is 7.50. The fourth-order valence-corrected chi connectivity index (χ4v) is 2.39. The Balaban J connectivity index is 1.92. The second-order valence-electron chi connectivity index (χ2n) is 2.81. The minimum absolute atomic E-state index is 0.905. The van der Waals surface area contributed by atoms with Crippen molar-refractivity contribution in [3.8, 4) is 0 Å². The summed E-state index contributed by atoms with van der Waals surface area (Å²) in [6, 6.07) is 0. The van der Waals surface area contributed by atoms with Crippen LogP contribution in [0.3, 0.4) is 0 Å². The van der Waals surface area contributed by atoms with E-state index in [2.05, 4.69) is 11.0 Å². The van der Waals surface area contributed by atoms with Crippen LogP contribution in [0.25, 0.3) is 0 Å². The van der Waals surface area contributed by atoms with Gasteiger partial charge in [-0.3, -0.25) is 0 Å². The Hall–Kier alpha value is -0.150. The predicted octanol–water partition coefficient (Wildman–Crippen LogP) is 0.949. The van der Waals surface area contributed by atoms with E-state index in [1.807, 2.05) is 11.8 Å². The van der Waals surface area contributed by atoms with Gasteiger partial charge >= 0.3 is 0 Å². The number of hydrogen-bond acceptors (Lipinski definition) is 3. The van der Waals surface area contributed by atoms with Crippen molar-refractivity contribution in [1.29, 1.82) is 0 Å². The molecule has 0 N–H and O–H groups in total. The van der Waals surface area contributed by atoms with Crippen LogP contribution < -0.4 is 0 Å². The second-order valence-corrected chi connectivity index (χ2v) is 3.84. The van der Waals surface area contributed by atoms with Crippen molar-refractivity contribution in [2.45, 2.75) is 0 Å². The molecule has 2 rings (SSSR count). The molecule has 3 heteroatoms. The summed E-state index contributed by atoms with van der Waals surface area (Å²) < 4.78 is 5.28. The first-order chi connectivity index (χ1) is 5.47. The zero-order chi connectivity index (χ0) is 7.52. The fraction of sp³-hybridized carbons (Fsp3) is 0.750. The molecular weight excluding hydrogens is 158 g/mol. The molecule has 0 aromatic heterocycles. The molecule has 0 atom stereocenters. The molecule has 2 nitrogen and oxygen atoms in total. The monoisotopic (exact) mass is 171 g/mol. The molecule has 0 aromatic rings. The Morgan fingerprint density at radius 1 is 1.36 bits per heavy atom. The van der Waals surface area contributed by atoms with Crippen molar-refractivity contribution in [2.75, 3.05) is 37.8 Å². The Morgan fingerprint density at radius 3 is 2.82 bits per heavy atom. The van der Waals surface area contributed by atoms with E-state index in [-0.39, 0.29) is 0 Å². The lowest BCUT2D eigenvalue weighted by Gasteiger charge is -2.29. The molecule has 0 saturated carbocycles. The van der Waals surface area contributed by atoms with Gasteiger partial charge in [0.05, 0.1) is 13.2 Å². The lowest BCUT2D eigenvalue weighted by Crippen LogP contribution is -2.35. The van der Waals surface area contributed by atoms with Crippen LogP contribution in [0.4, 0.5) is 0 Å². The van der Waals surface area contributed by atoms with Gasteiger partial charge in [-0.2, -0.15) is 11.8 Å². The molecule has 2 aliphatic heterocycles. The Morgan fingerprint density at radius 2 is 2.18 bits per heavy atom. The molecule has 0 unspecified atom stereocenters. The van der Waals surface area contributed by atoms with Gasteiger partial charge < -0.3 is 9.64 Å². The number of morpholine rings is 1. The SMILES string of the molecule is C1=C(N2CCOCC2)CSC1.